The molecular formula is C13H21NO. The molecule has 0 aliphatic heterocycles. The summed E-state index contributed by atoms with van der Waals surface area (Å²) in [6.45, 7) is 6.06. The molecule has 0 aromatic heterocycles. The fourth-order valence-electron chi connectivity index (χ4n) is 1.22. The first-order valence-corrected chi connectivity index (χ1v) is 5.52. The zero-order valence-electron chi connectivity index (χ0n) is 9.92. The highest BCUT2D eigenvalue weighted by molar-refractivity contribution is 5.73. The number of carbonyl (C=O) groups excluding carboxylic acids is 1. The highest BCUT2D eigenvalue weighted by Crippen LogP contribution is 2.06. The summed E-state index contributed by atoms with van der Waals surface area (Å²) in [5.41, 5.74) is 7.57. The number of rotatable bonds is 4. The lowest BCUT2D eigenvalue weighted by Crippen LogP contribution is -2.10. The molecule has 0 radical (unpaired) electrons. The summed E-state index contributed by atoms with van der Waals surface area (Å²) in [6, 6.07) is 8.35. The van der Waals surface area contributed by atoms with Gasteiger partial charge in [0, 0.05) is 6.42 Å². The van der Waals surface area contributed by atoms with Crippen LogP contribution in [0.3, 0.4) is 0 Å². The topological polar surface area (TPSA) is 43.1 Å². The van der Waals surface area contributed by atoms with Gasteiger partial charge in [0.05, 0.1) is 0 Å². The van der Waals surface area contributed by atoms with Crippen molar-refractivity contribution in [2.75, 3.05) is 0 Å². The number of primary amides is 1. The van der Waals surface area contributed by atoms with Crippen molar-refractivity contribution in [1.29, 1.82) is 0 Å². The number of nitrogens with two attached hydrogens (primary N) is 1. The van der Waals surface area contributed by atoms with E-state index in [0.29, 0.717) is 6.42 Å². The first-order valence-electron chi connectivity index (χ1n) is 5.52. The summed E-state index contributed by atoms with van der Waals surface area (Å²) in [4.78, 5) is 10.5. The average Bonchev–Trinajstić information content (AvgIpc) is 2.23. The van der Waals surface area contributed by atoms with E-state index in [0.717, 1.165) is 12.8 Å². The molecule has 0 bridgehead atoms. The van der Waals surface area contributed by atoms with Crippen LogP contribution in [-0.2, 0) is 11.2 Å². The molecule has 2 N–H and O–H groups in total. The summed E-state index contributed by atoms with van der Waals surface area (Å²) in [6.07, 6.45) is 2.26. The number of hydrogen-bond acceptors (Lipinski definition) is 1. The molecule has 1 aromatic carbocycles. The molecule has 0 saturated heterocycles. The van der Waals surface area contributed by atoms with Gasteiger partial charge in [-0.1, -0.05) is 43.7 Å². The van der Waals surface area contributed by atoms with Crippen molar-refractivity contribution in [3.8, 4) is 0 Å². The highest BCUT2D eigenvalue weighted by atomic mass is 16.1. The quantitative estimate of drug-likeness (QED) is 0.810. The van der Waals surface area contributed by atoms with E-state index in [1.807, 2.05) is 13.8 Å². The Morgan fingerprint density at radius 2 is 1.73 bits per heavy atom. The minimum absolute atomic E-state index is 0.216. The van der Waals surface area contributed by atoms with Gasteiger partial charge in [-0.2, -0.15) is 0 Å². The first-order chi connectivity index (χ1) is 7.18. The second kappa shape index (κ2) is 8.04. The molecule has 0 atom stereocenters. The van der Waals surface area contributed by atoms with E-state index in [4.69, 9.17) is 5.73 Å². The third-order valence-corrected chi connectivity index (χ3v) is 2.01. The van der Waals surface area contributed by atoms with Crippen LogP contribution >= 0.6 is 0 Å². The lowest BCUT2D eigenvalue weighted by atomic mass is 10.1. The first kappa shape index (κ1) is 13.7. The molecule has 0 spiro atoms. The Labute approximate surface area is 92.5 Å². The van der Waals surface area contributed by atoms with Crippen molar-refractivity contribution in [2.24, 2.45) is 5.73 Å². The fourth-order valence-corrected chi connectivity index (χ4v) is 1.22. The van der Waals surface area contributed by atoms with Gasteiger partial charge in [0.2, 0.25) is 5.91 Å². The SMILES string of the molecule is CC.Cc1ccc(CCCC(N)=O)cc1. The van der Waals surface area contributed by atoms with E-state index in [2.05, 4.69) is 31.2 Å². The maximum Gasteiger partial charge on any atom is 0.217 e. The average molecular weight is 207 g/mol. The van der Waals surface area contributed by atoms with Gasteiger partial charge in [-0.25, -0.2) is 0 Å². The van der Waals surface area contributed by atoms with Crippen LogP contribution in [0, 0.1) is 6.92 Å². The van der Waals surface area contributed by atoms with Gasteiger partial charge >= 0.3 is 0 Å². The van der Waals surface area contributed by atoms with Gasteiger partial charge in [0.25, 0.3) is 0 Å². The third kappa shape index (κ3) is 6.72. The normalized spacial score (nSPS) is 9.00. The van der Waals surface area contributed by atoms with Gasteiger partial charge < -0.3 is 5.73 Å². The highest BCUT2D eigenvalue weighted by Gasteiger charge is 1.96. The predicted octanol–water partition coefficient (Wildman–Crippen LogP) is 2.83. The minimum atomic E-state index is -0.216. The lowest BCUT2D eigenvalue weighted by molar-refractivity contribution is -0.118. The maximum atomic E-state index is 10.5. The van der Waals surface area contributed by atoms with Crippen LogP contribution in [-0.4, -0.2) is 5.91 Å². The summed E-state index contributed by atoms with van der Waals surface area (Å²) in [7, 11) is 0. The van der Waals surface area contributed by atoms with Crippen molar-refractivity contribution >= 4 is 5.91 Å². The Morgan fingerprint density at radius 3 is 2.20 bits per heavy atom. The summed E-state index contributed by atoms with van der Waals surface area (Å²) in [5, 5.41) is 0. The smallest absolute Gasteiger partial charge is 0.217 e. The van der Waals surface area contributed by atoms with Crippen molar-refractivity contribution in [3.05, 3.63) is 35.4 Å². The molecule has 2 heteroatoms. The molecule has 0 aliphatic carbocycles. The van der Waals surface area contributed by atoms with E-state index >= 15 is 0 Å². The number of benzene rings is 1. The summed E-state index contributed by atoms with van der Waals surface area (Å²) in [5.74, 6) is -0.216. The summed E-state index contributed by atoms with van der Waals surface area (Å²) < 4.78 is 0. The molecule has 0 fully saturated rings. The second-order valence-corrected chi connectivity index (χ2v) is 3.31. The molecule has 0 unspecified atom stereocenters. The monoisotopic (exact) mass is 207 g/mol. The van der Waals surface area contributed by atoms with Crippen LogP contribution in [0.5, 0.6) is 0 Å². The molecule has 1 aromatic rings. The molecule has 2 nitrogen and oxygen atoms in total. The molecule has 1 rings (SSSR count). The van der Waals surface area contributed by atoms with Crippen molar-refractivity contribution in [3.63, 3.8) is 0 Å². The van der Waals surface area contributed by atoms with E-state index < -0.39 is 0 Å². The molecule has 1 amide bonds. The van der Waals surface area contributed by atoms with Gasteiger partial charge in [-0.05, 0) is 25.3 Å². The standard InChI is InChI=1S/C11H15NO.C2H6/c1-9-5-7-10(8-6-9)3-2-4-11(12)13;1-2/h5-8H,2-4H2,1H3,(H2,12,13);1-2H3. The number of carbonyl (C=O) groups is 1. The largest absolute Gasteiger partial charge is 0.370 e. The Kier molecular flexibility index (Phi) is 7.33. The Bertz CT molecular complexity index is 277. The number of amides is 1. The Morgan fingerprint density at radius 1 is 1.20 bits per heavy atom. The van der Waals surface area contributed by atoms with Crippen LogP contribution in [0.1, 0.15) is 37.8 Å². The molecule has 0 heterocycles. The minimum Gasteiger partial charge on any atom is -0.370 e. The number of hydrogen-bond donors (Lipinski definition) is 1. The van der Waals surface area contributed by atoms with Crippen LogP contribution < -0.4 is 5.73 Å². The fraction of sp³-hybridized carbons (Fsp3) is 0.462. The zero-order chi connectivity index (χ0) is 11.7. The van der Waals surface area contributed by atoms with Gasteiger partial charge in [-0.15, -0.1) is 0 Å². The Hall–Kier alpha value is -1.31. The zero-order valence-corrected chi connectivity index (χ0v) is 9.92. The van der Waals surface area contributed by atoms with Crippen molar-refractivity contribution in [2.45, 2.75) is 40.0 Å². The lowest BCUT2D eigenvalue weighted by Gasteiger charge is -2.00. The van der Waals surface area contributed by atoms with E-state index in [9.17, 15) is 4.79 Å². The molecular weight excluding hydrogens is 186 g/mol. The van der Waals surface area contributed by atoms with Gasteiger partial charge in [0.1, 0.15) is 0 Å². The van der Waals surface area contributed by atoms with Crippen LogP contribution in [0.4, 0.5) is 0 Å². The molecule has 84 valence electrons. The molecule has 15 heavy (non-hydrogen) atoms. The van der Waals surface area contributed by atoms with E-state index in [1.54, 1.807) is 0 Å². The number of aryl methyl sites for hydroxylation is 2. The van der Waals surface area contributed by atoms with E-state index in [-0.39, 0.29) is 5.91 Å². The van der Waals surface area contributed by atoms with Crippen LogP contribution in [0.15, 0.2) is 24.3 Å². The molecule has 0 saturated carbocycles. The third-order valence-electron chi connectivity index (χ3n) is 2.01. The predicted molar refractivity (Wildman–Crippen MR) is 64.7 cm³/mol. The van der Waals surface area contributed by atoms with Crippen LogP contribution in [0.25, 0.3) is 0 Å². The van der Waals surface area contributed by atoms with Gasteiger partial charge in [-0.3, -0.25) is 4.79 Å². The van der Waals surface area contributed by atoms with Crippen LogP contribution in [0.2, 0.25) is 0 Å². The summed E-state index contributed by atoms with van der Waals surface area (Å²) >= 11 is 0. The second-order valence-electron chi connectivity index (χ2n) is 3.31. The van der Waals surface area contributed by atoms with Crippen molar-refractivity contribution in [1.82, 2.24) is 0 Å². The van der Waals surface area contributed by atoms with Crippen molar-refractivity contribution < 1.29 is 4.79 Å². The molecule has 0 aliphatic rings. The Balaban J connectivity index is 0.000000921. The van der Waals surface area contributed by atoms with E-state index in [1.165, 1.54) is 11.1 Å². The maximum absolute atomic E-state index is 10.5. The van der Waals surface area contributed by atoms with Gasteiger partial charge in [0.15, 0.2) is 0 Å².